The fourth-order valence-electron chi connectivity index (χ4n) is 4.46. The summed E-state index contributed by atoms with van der Waals surface area (Å²) in [5.41, 5.74) is 7.50. The third-order valence-electron chi connectivity index (χ3n) is 6.00. The summed E-state index contributed by atoms with van der Waals surface area (Å²) < 4.78 is 0. The van der Waals surface area contributed by atoms with Crippen molar-refractivity contribution >= 4 is 40.0 Å². The van der Waals surface area contributed by atoms with Crippen molar-refractivity contribution in [2.24, 2.45) is 17.6 Å². The minimum Gasteiger partial charge on any atom is -0.365 e. The standard InChI is InChI=1S/C23H25N3O4S/c1-11(2)18(26-22(29)13-6-4-5-7-14(13)23(26)30)20(28)25-21-17(19(24)27)15-9-8-12(3)10-16(15)31-21/h4-7,11-12,18H,8-10H2,1-3H3,(H2,24,27)(H,25,28)/t12-,18-/m0/s1. The van der Waals surface area contributed by atoms with Gasteiger partial charge in [-0.05, 0) is 48.8 Å². The Labute approximate surface area is 184 Å². The predicted octanol–water partition coefficient (Wildman–Crippen LogP) is 3.23. The number of primary amides is 1. The van der Waals surface area contributed by atoms with Gasteiger partial charge in [-0.25, -0.2) is 0 Å². The largest absolute Gasteiger partial charge is 0.365 e. The Morgan fingerprint density at radius 3 is 2.32 bits per heavy atom. The summed E-state index contributed by atoms with van der Waals surface area (Å²) in [7, 11) is 0. The van der Waals surface area contributed by atoms with Crippen molar-refractivity contribution in [2.45, 2.75) is 46.1 Å². The van der Waals surface area contributed by atoms with Gasteiger partial charge in [0.25, 0.3) is 17.7 Å². The molecule has 0 spiro atoms. The Hall–Kier alpha value is -3.00. The van der Waals surface area contributed by atoms with Crippen molar-refractivity contribution in [3.63, 3.8) is 0 Å². The molecule has 0 saturated heterocycles. The number of hydrogen-bond acceptors (Lipinski definition) is 5. The average molecular weight is 440 g/mol. The van der Waals surface area contributed by atoms with Crippen LogP contribution in [0.1, 0.15) is 68.7 Å². The molecular weight excluding hydrogens is 414 g/mol. The number of carbonyl (C=O) groups is 4. The molecule has 2 aromatic rings. The molecule has 4 rings (SSSR count). The molecule has 8 heteroatoms. The second-order valence-electron chi connectivity index (χ2n) is 8.62. The highest BCUT2D eigenvalue weighted by Gasteiger charge is 2.44. The Morgan fingerprint density at radius 2 is 1.77 bits per heavy atom. The first-order chi connectivity index (χ1) is 14.7. The number of imide groups is 1. The zero-order valence-electron chi connectivity index (χ0n) is 17.7. The fraction of sp³-hybridized carbons (Fsp3) is 0.391. The Morgan fingerprint density at radius 1 is 1.16 bits per heavy atom. The summed E-state index contributed by atoms with van der Waals surface area (Å²) in [6.45, 7) is 5.72. The summed E-state index contributed by atoms with van der Waals surface area (Å²) in [4.78, 5) is 53.5. The number of anilines is 1. The van der Waals surface area contributed by atoms with Crippen molar-refractivity contribution in [2.75, 3.05) is 5.32 Å². The van der Waals surface area contributed by atoms with E-state index >= 15 is 0 Å². The van der Waals surface area contributed by atoms with E-state index in [9.17, 15) is 19.2 Å². The lowest BCUT2D eigenvalue weighted by Gasteiger charge is -2.28. The highest BCUT2D eigenvalue weighted by atomic mass is 32.1. The van der Waals surface area contributed by atoms with Crippen molar-refractivity contribution in [1.82, 2.24) is 4.90 Å². The molecule has 2 heterocycles. The molecule has 0 unspecified atom stereocenters. The second kappa shape index (κ2) is 7.92. The van der Waals surface area contributed by atoms with E-state index in [2.05, 4.69) is 12.2 Å². The lowest BCUT2D eigenvalue weighted by Crippen LogP contribution is -2.50. The topological polar surface area (TPSA) is 110 Å². The van der Waals surface area contributed by atoms with E-state index in [4.69, 9.17) is 5.73 Å². The van der Waals surface area contributed by atoms with Crippen molar-refractivity contribution < 1.29 is 19.2 Å². The predicted molar refractivity (Wildman–Crippen MR) is 118 cm³/mol. The van der Waals surface area contributed by atoms with Crippen LogP contribution in [0, 0.1) is 11.8 Å². The molecular formula is C23H25N3O4S. The zero-order chi connectivity index (χ0) is 22.4. The van der Waals surface area contributed by atoms with Crippen LogP contribution in [0.5, 0.6) is 0 Å². The van der Waals surface area contributed by atoms with Gasteiger partial charge in [0.05, 0.1) is 16.7 Å². The van der Waals surface area contributed by atoms with E-state index in [1.165, 1.54) is 11.3 Å². The van der Waals surface area contributed by atoms with Crippen LogP contribution in [-0.2, 0) is 17.6 Å². The van der Waals surface area contributed by atoms with Crippen LogP contribution in [0.2, 0.25) is 0 Å². The van der Waals surface area contributed by atoms with Crippen LogP contribution >= 0.6 is 11.3 Å². The number of amides is 4. The summed E-state index contributed by atoms with van der Waals surface area (Å²) in [5, 5.41) is 3.22. The molecule has 2 atom stereocenters. The van der Waals surface area contributed by atoms with Crippen molar-refractivity contribution in [1.29, 1.82) is 0 Å². The van der Waals surface area contributed by atoms with Crippen molar-refractivity contribution in [3.8, 4) is 0 Å². The van der Waals surface area contributed by atoms with Crippen molar-refractivity contribution in [3.05, 3.63) is 51.4 Å². The third kappa shape index (κ3) is 3.54. The fourth-order valence-corrected chi connectivity index (χ4v) is 5.88. The molecule has 3 N–H and O–H groups in total. The van der Waals surface area contributed by atoms with Gasteiger partial charge in [-0.2, -0.15) is 0 Å². The van der Waals surface area contributed by atoms with E-state index in [-0.39, 0.29) is 5.92 Å². The van der Waals surface area contributed by atoms with Crippen LogP contribution in [-0.4, -0.2) is 34.6 Å². The quantitative estimate of drug-likeness (QED) is 0.697. The molecule has 0 bridgehead atoms. The van der Waals surface area contributed by atoms with Gasteiger partial charge in [0.15, 0.2) is 0 Å². The van der Waals surface area contributed by atoms with Crippen LogP contribution in [0.25, 0.3) is 0 Å². The number of rotatable bonds is 5. The Bertz CT molecular complexity index is 1070. The smallest absolute Gasteiger partial charge is 0.262 e. The molecule has 1 aliphatic carbocycles. The molecule has 7 nitrogen and oxygen atoms in total. The number of carbonyl (C=O) groups excluding carboxylic acids is 4. The van der Waals surface area contributed by atoms with E-state index in [0.717, 1.165) is 34.6 Å². The molecule has 1 aromatic heterocycles. The van der Waals surface area contributed by atoms with Gasteiger partial charge >= 0.3 is 0 Å². The number of nitrogens with zero attached hydrogens (tertiary/aromatic N) is 1. The normalized spacial score (nSPS) is 18.7. The molecule has 1 aromatic carbocycles. The summed E-state index contributed by atoms with van der Waals surface area (Å²) >= 11 is 1.36. The number of hydrogen-bond donors (Lipinski definition) is 2. The van der Waals surface area contributed by atoms with Gasteiger partial charge in [0.2, 0.25) is 5.91 Å². The molecule has 162 valence electrons. The number of fused-ring (bicyclic) bond motifs is 2. The number of thiophene rings is 1. The Kier molecular flexibility index (Phi) is 5.43. The van der Waals surface area contributed by atoms with Gasteiger partial charge in [0.1, 0.15) is 11.0 Å². The maximum Gasteiger partial charge on any atom is 0.262 e. The summed E-state index contributed by atoms with van der Waals surface area (Å²) in [6.07, 6.45) is 2.54. The monoisotopic (exact) mass is 439 g/mol. The lowest BCUT2D eigenvalue weighted by atomic mass is 9.88. The van der Waals surface area contributed by atoms with Gasteiger partial charge < -0.3 is 11.1 Å². The third-order valence-corrected chi connectivity index (χ3v) is 7.17. The van der Waals surface area contributed by atoms with Gasteiger partial charge in [-0.15, -0.1) is 11.3 Å². The SMILES string of the molecule is CC(C)[C@@H](C(=O)Nc1sc2c(c1C(N)=O)CC[C@H](C)C2)N1C(=O)c2ccccc2C1=O. The number of benzene rings is 1. The number of nitrogens with one attached hydrogen (secondary N) is 1. The Balaban J connectivity index is 1.67. The van der Waals surface area contributed by atoms with Crippen LogP contribution in [0.3, 0.4) is 0 Å². The van der Waals surface area contributed by atoms with E-state index in [1.807, 2.05) is 0 Å². The molecule has 1 aliphatic heterocycles. The minimum atomic E-state index is -1.01. The maximum atomic E-state index is 13.3. The molecule has 31 heavy (non-hydrogen) atoms. The number of nitrogens with two attached hydrogens (primary N) is 1. The summed E-state index contributed by atoms with van der Waals surface area (Å²) in [5.74, 6) is -1.87. The van der Waals surface area contributed by atoms with Crippen LogP contribution < -0.4 is 11.1 Å². The van der Waals surface area contributed by atoms with Gasteiger partial charge in [-0.1, -0.05) is 32.9 Å². The van der Waals surface area contributed by atoms with Crippen LogP contribution in [0.4, 0.5) is 5.00 Å². The second-order valence-corrected chi connectivity index (χ2v) is 9.73. The molecule has 4 amide bonds. The molecule has 0 radical (unpaired) electrons. The molecule has 0 fully saturated rings. The zero-order valence-corrected chi connectivity index (χ0v) is 18.5. The first-order valence-electron chi connectivity index (χ1n) is 10.4. The van der Waals surface area contributed by atoms with E-state index < -0.39 is 29.7 Å². The average Bonchev–Trinajstić information content (AvgIpc) is 3.18. The molecule has 0 saturated carbocycles. The highest BCUT2D eigenvalue weighted by molar-refractivity contribution is 7.17. The maximum absolute atomic E-state index is 13.3. The van der Waals surface area contributed by atoms with Gasteiger partial charge in [0, 0.05) is 4.88 Å². The minimum absolute atomic E-state index is 0.296. The lowest BCUT2D eigenvalue weighted by molar-refractivity contribution is -0.121. The van der Waals surface area contributed by atoms with E-state index in [0.29, 0.717) is 27.6 Å². The van der Waals surface area contributed by atoms with Crippen LogP contribution in [0.15, 0.2) is 24.3 Å². The first kappa shape index (κ1) is 21.2. The first-order valence-corrected chi connectivity index (χ1v) is 11.2. The van der Waals surface area contributed by atoms with Gasteiger partial charge in [-0.3, -0.25) is 24.1 Å². The highest BCUT2D eigenvalue weighted by Crippen LogP contribution is 2.40. The molecule has 2 aliphatic rings. The summed E-state index contributed by atoms with van der Waals surface area (Å²) in [6, 6.07) is 5.55. The van der Waals surface area contributed by atoms with E-state index in [1.54, 1.807) is 38.1 Å².